The molecule has 2 rings (SSSR count). The molecule has 0 aliphatic heterocycles. The van der Waals surface area contributed by atoms with Crippen molar-refractivity contribution in [1.29, 1.82) is 0 Å². The first-order valence-electron chi connectivity index (χ1n) is 7.38. The molecule has 0 fully saturated rings. The smallest absolute Gasteiger partial charge is 0.350 e. The first kappa shape index (κ1) is 19.1. The SMILES string of the molecule is CCOC(=O)c1sc(=NC(=O)c2ccc(S(C)(=O)=O)cc2)n(C)c1C. The van der Waals surface area contributed by atoms with E-state index in [0.29, 0.717) is 15.4 Å². The second kappa shape index (κ2) is 7.32. The molecule has 0 radical (unpaired) electrons. The summed E-state index contributed by atoms with van der Waals surface area (Å²) in [5.74, 6) is -0.973. The van der Waals surface area contributed by atoms with Gasteiger partial charge in [0.2, 0.25) is 0 Å². The number of amides is 1. The van der Waals surface area contributed by atoms with E-state index in [1.54, 1.807) is 25.5 Å². The molecule has 1 aromatic heterocycles. The molecule has 0 spiro atoms. The van der Waals surface area contributed by atoms with E-state index in [4.69, 9.17) is 4.74 Å². The number of sulfone groups is 1. The van der Waals surface area contributed by atoms with Crippen LogP contribution < -0.4 is 4.80 Å². The molecule has 7 nitrogen and oxygen atoms in total. The van der Waals surface area contributed by atoms with Gasteiger partial charge >= 0.3 is 5.97 Å². The summed E-state index contributed by atoms with van der Waals surface area (Å²) in [6.45, 7) is 3.72. The minimum Gasteiger partial charge on any atom is -0.462 e. The first-order valence-corrected chi connectivity index (χ1v) is 10.1. The molecule has 0 aliphatic carbocycles. The molecular weight excluding hydrogens is 364 g/mol. The fourth-order valence-corrected chi connectivity index (χ4v) is 3.65. The molecule has 0 saturated heterocycles. The van der Waals surface area contributed by atoms with Crippen LogP contribution in [0.1, 0.15) is 32.6 Å². The van der Waals surface area contributed by atoms with Crippen LogP contribution in [0.5, 0.6) is 0 Å². The fourth-order valence-electron chi connectivity index (χ4n) is 2.01. The predicted molar refractivity (Wildman–Crippen MR) is 93.4 cm³/mol. The van der Waals surface area contributed by atoms with Gasteiger partial charge in [-0.1, -0.05) is 11.3 Å². The maximum Gasteiger partial charge on any atom is 0.350 e. The number of esters is 1. The molecule has 0 N–H and O–H groups in total. The van der Waals surface area contributed by atoms with Gasteiger partial charge in [-0.05, 0) is 38.1 Å². The minimum atomic E-state index is -3.32. The zero-order chi connectivity index (χ0) is 18.8. The van der Waals surface area contributed by atoms with Crippen molar-refractivity contribution < 1.29 is 22.7 Å². The molecule has 0 atom stereocenters. The van der Waals surface area contributed by atoms with E-state index in [0.717, 1.165) is 17.6 Å². The average Bonchev–Trinajstić information content (AvgIpc) is 2.83. The van der Waals surface area contributed by atoms with E-state index >= 15 is 0 Å². The summed E-state index contributed by atoms with van der Waals surface area (Å²) in [5, 5.41) is 0. The van der Waals surface area contributed by atoms with E-state index < -0.39 is 21.7 Å². The Morgan fingerprint density at radius 3 is 2.36 bits per heavy atom. The van der Waals surface area contributed by atoms with Crippen molar-refractivity contribution in [2.24, 2.45) is 12.0 Å². The average molecular weight is 382 g/mol. The van der Waals surface area contributed by atoms with Crippen LogP contribution in [0.2, 0.25) is 0 Å². The van der Waals surface area contributed by atoms with Gasteiger partial charge in [0.05, 0.1) is 11.5 Å². The molecular formula is C16H18N2O5S2. The number of nitrogens with zero attached hydrogens (tertiary/aromatic N) is 2. The Balaban J connectivity index is 2.39. The van der Waals surface area contributed by atoms with Crippen LogP contribution in [-0.4, -0.2) is 37.7 Å². The highest BCUT2D eigenvalue weighted by Crippen LogP contribution is 2.14. The fraction of sp³-hybridized carbons (Fsp3) is 0.312. The van der Waals surface area contributed by atoms with Crippen LogP contribution in [0.25, 0.3) is 0 Å². The third-order valence-electron chi connectivity index (χ3n) is 3.50. The van der Waals surface area contributed by atoms with Crippen molar-refractivity contribution >= 4 is 33.1 Å². The zero-order valence-electron chi connectivity index (χ0n) is 14.3. The van der Waals surface area contributed by atoms with Crippen molar-refractivity contribution in [3.63, 3.8) is 0 Å². The molecule has 9 heteroatoms. The van der Waals surface area contributed by atoms with Crippen molar-refractivity contribution in [3.05, 3.63) is 45.2 Å². The third kappa shape index (κ3) is 4.23. The summed E-state index contributed by atoms with van der Waals surface area (Å²) >= 11 is 1.07. The van der Waals surface area contributed by atoms with Gasteiger partial charge < -0.3 is 9.30 Å². The number of benzene rings is 1. The van der Waals surface area contributed by atoms with Crippen LogP contribution in [0.3, 0.4) is 0 Å². The van der Waals surface area contributed by atoms with Gasteiger partial charge in [-0.25, -0.2) is 13.2 Å². The Kier molecular flexibility index (Phi) is 5.58. The molecule has 2 aromatic rings. The largest absolute Gasteiger partial charge is 0.462 e. The topological polar surface area (TPSA) is 94.8 Å². The molecule has 1 amide bonds. The Hall–Kier alpha value is -2.26. The lowest BCUT2D eigenvalue weighted by Crippen LogP contribution is -2.14. The second-order valence-electron chi connectivity index (χ2n) is 5.29. The van der Waals surface area contributed by atoms with Gasteiger partial charge in [0.1, 0.15) is 4.88 Å². The van der Waals surface area contributed by atoms with E-state index in [9.17, 15) is 18.0 Å². The minimum absolute atomic E-state index is 0.131. The van der Waals surface area contributed by atoms with Crippen LogP contribution in [0.4, 0.5) is 0 Å². The van der Waals surface area contributed by atoms with Crippen molar-refractivity contribution in [2.45, 2.75) is 18.7 Å². The Morgan fingerprint density at radius 2 is 1.84 bits per heavy atom. The van der Waals surface area contributed by atoms with Crippen LogP contribution in [0, 0.1) is 6.92 Å². The number of hydrogen-bond donors (Lipinski definition) is 0. The quantitative estimate of drug-likeness (QED) is 0.751. The Bertz CT molecular complexity index is 983. The van der Waals surface area contributed by atoms with Crippen molar-refractivity contribution in [1.82, 2.24) is 4.57 Å². The lowest BCUT2D eigenvalue weighted by atomic mass is 10.2. The van der Waals surface area contributed by atoms with Crippen LogP contribution in [0.15, 0.2) is 34.2 Å². The zero-order valence-corrected chi connectivity index (χ0v) is 15.9. The number of ether oxygens (including phenoxy) is 1. The van der Waals surface area contributed by atoms with Crippen molar-refractivity contribution in [2.75, 3.05) is 12.9 Å². The van der Waals surface area contributed by atoms with Gasteiger partial charge in [-0.3, -0.25) is 4.79 Å². The summed E-state index contributed by atoms with van der Waals surface area (Å²) in [5.41, 5.74) is 0.915. The predicted octanol–water partition coefficient (Wildman–Crippen LogP) is 1.72. The van der Waals surface area contributed by atoms with E-state index in [1.165, 1.54) is 24.3 Å². The maximum atomic E-state index is 12.3. The number of carbonyl (C=O) groups excluding carboxylic acids is 2. The molecule has 0 aliphatic rings. The van der Waals surface area contributed by atoms with Gasteiger partial charge in [-0.2, -0.15) is 4.99 Å². The van der Waals surface area contributed by atoms with Crippen LogP contribution >= 0.6 is 11.3 Å². The lowest BCUT2D eigenvalue weighted by Gasteiger charge is -2.00. The van der Waals surface area contributed by atoms with Gasteiger partial charge in [0.25, 0.3) is 5.91 Å². The number of hydrogen-bond acceptors (Lipinski definition) is 6. The normalized spacial score (nSPS) is 12.2. The second-order valence-corrected chi connectivity index (χ2v) is 8.29. The number of rotatable bonds is 4. The number of carbonyl (C=O) groups is 2. The molecule has 1 heterocycles. The van der Waals surface area contributed by atoms with Gasteiger partial charge in [0.15, 0.2) is 14.6 Å². The monoisotopic (exact) mass is 382 g/mol. The summed E-state index contributed by atoms with van der Waals surface area (Å²) in [7, 11) is -1.62. The molecule has 0 unspecified atom stereocenters. The molecule has 25 heavy (non-hydrogen) atoms. The maximum absolute atomic E-state index is 12.3. The van der Waals surface area contributed by atoms with E-state index in [1.807, 2.05) is 0 Å². The number of aromatic nitrogens is 1. The summed E-state index contributed by atoms with van der Waals surface area (Å²) in [6, 6.07) is 5.55. The number of thiazole rings is 1. The summed E-state index contributed by atoms with van der Waals surface area (Å²) in [4.78, 5) is 29.1. The molecule has 1 aromatic carbocycles. The first-order chi connectivity index (χ1) is 11.6. The summed E-state index contributed by atoms with van der Waals surface area (Å²) in [6.07, 6.45) is 1.10. The van der Waals surface area contributed by atoms with Gasteiger partial charge in [-0.15, -0.1) is 0 Å². The molecule has 0 saturated carbocycles. The Labute approximate surface area is 149 Å². The lowest BCUT2D eigenvalue weighted by molar-refractivity contribution is 0.0530. The van der Waals surface area contributed by atoms with Crippen molar-refractivity contribution in [3.8, 4) is 0 Å². The summed E-state index contributed by atoms with van der Waals surface area (Å²) < 4.78 is 29.5. The van der Waals surface area contributed by atoms with Crippen LogP contribution in [-0.2, 0) is 21.6 Å². The van der Waals surface area contributed by atoms with E-state index in [2.05, 4.69) is 4.99 Å². The highest BCUT2D eigenvalue weighted by molar-refractivity contribution is 7.90. The highest BCUT2D eigenvalue weighted by atomic mass is 32.2. The molecule has 134 valence electrons. The Morgan fingerprint density at radius 1 is 1.24 bits per heavy atom. The molecule has 0 bridgehead atoms. The van der Waals surface area contributed by atoms with E-state index in [-0.39, 0.29) is 17.1 Å². The van der Waals surface area contributed by atoms with Gasteiger partial charge in [0, 0.05) is 24.6 Å². The highest BCUT2D eigenvalue weighted by Gasteiger charge is 2.17. The standard InChI is InChI=1S/C16H18N2O5S2/c1-5-23-15(20)13-10(2)18(3)16(24-13)17-14(19)11-6-8-12(9-7-11)25(4,21)22/h6-9H,5H2,1-4H3. The third-order valence-corrected chi connectivity index (χ3v) is 5.84.